The third kappa shape index (κ3) is 2.72. The van der Waals surface area contributed by atoms with E-state index in [4.69, 9.17) is 5.26 Å². The molecule has 2 rings (SSSR count). The van der Waals surface area contributed by atoms with Gasteiger partial charge < -0.3 is 10.6 Å². The quantitative estimate of drug-likeness (QED) is 0.614. The number of nitrogens with one attached hydrogen (secondary N) is 2. The Bertz CT molecular complexity index is 635. The number of carbonyl (C=O) groups excluding carboxylic acids is 2. The van der Waals surface area contributed by atoms with Gasteiger partial charge >= 0.3 is 0 Å². The number of amides is 2. The zero-order valence-corrected chi connectivity index (χ0v) is 10.3. The molecule has 1 atom stereocenters. The van der Waals surface area contributed by atoms with E-state index in [1.807, 2.05) is 0 Å². The van der Waals surface area contributed by atoms with Gasteiger partial charge in [0.05, 0.1) is 22.1 Å². The molecule has 0 spiro atoms. The van der Waals surface area contributed by atoms with Crippen molar-refractivity contribution in [2.45, 2.75) is 6.42 Å². The van der Waals surface area contributed by atoms with Crippen LogP contribution < -0.4 is 10.6 Å². The van der Waals surface area contributed by atoms with Crippen molar-refractivity contribution in [3.05, 3.63) is 33.9 Å². The Labute approximate surface area is 113 Å². The van der Waals surface area contributed by atoms with E-state index in [9.17, 15) is 19.7 Å². The fourth-order valence-electron chi connectivity index (χ4n) is 1.87. The first kappa shape index (κ1) is 13.5. The summed E-state index contributed by atoms with van der Waals surface area (Å²) in [6, 6.07) is 5.39. The SMILES string of the molecule is N#Cc1cc([N+](=O)[O-])ccc1NC(=O)C1CNC(=O)C1. The number of benzene rings is 1. The summed E-state index contributed by atoms with van der Waals surface area (Å²) in [6.07, 6.45) is 0.0979. The van der Waals surface area contributed by atoms with Crippen molar-refractivity contribution in [1.29, 1.82) is 5.26 Å². The molecule has 0 aromatic heterocycles. The predicted molar refractivity (Wildman–Crippen MR) is 67.6 cm³/mol. The van der Waals surface area contributed by atoms with Crippen molar-refractivity contribution in [2.75, 3.05) is 11.9 Å². The zero-order valence-electron chi connectivity index (χ0n) is 10.3. The van der Waals surface area contributed by atoms with Gasteiger partial charge in [-0.05, 0) is 6.07 Å². The summed E-state index contributed by atoms with van der Waals surface area (Å²) in [7, 11) is 0. The number of nitrogens with zero attached hydrogens (tertiary/aromatic N) is 2. The maximum atomic E-state index is 11.9. The molecule has 8 nitrogen and oxygen atoms in total. The highest BCUT2D eigenvalue weighted by molar-refractivity contribution is 5.98. The van der Waals surface area contributed by atoms with Gasteiger partial charge in [0.25, 0.3) is 5.69 Å². The Hall–Kier alpha value is -2.95. The van der Waals surface area contributed by atoms with Crippen LogP contribution in [0.15, 0.2) is 18.2 Å². The molecular formula is C12H10N4O4. The lowest BCUT2D eigenvalue weighted by atomic mass is 10.1. The van der Waals surface area contributed by atoms with Crippen LogP contribution in [-0.2, 0) is 9.59 Å². The normalized spacial score (nSPS) is 17.1. The number of rotatable bonds is 3. The van der Waals surface area contributed by atoms with Gasteiger partial charge in [-0.25, -0.2) is 0 Å². The maximum Gasteiger partial charge on any atom is 0.270 e. The van der Waals surface area contributed by atoms with Gasteiger partial charge in [0, 0.05) is 25.1 Å². The first-order valence-electron chi connectivity index (χ1n) is 5.77. The second-order valence-electron chi connectivity index (χ2n) is 4.29. The molecule has 2 N–H and O–H groups in total. The van der Waals surface area contributed by atoms with Crippen molar-refractivity contribution in [2.24, 2.45) is 5.92 Å². The van der Waals surface area contributed by atoms with E-state index in [1.165, 1.54) is 12.1 Å². The van der Waals surface area contributed by atoms with Crippen molar-refractivity contribution in [3.8, 4) is 6.07 Å². The highest BCUT2D eigenvalue weighted by Crippen LogP contribution is 2.22. The predicted octanol–water partition coefficient (Wildman–Crippen LogP) is 0.541. The number of hydrogen-bond acceptors (Lipinski definition) is 5. The lowest BCUT2D eigenvalue weighted by molar-refractivity contribution is -0.384. The van der Waals surface area contributed by atoms with Gasteiger partial charge in [0.2, 0.25) is 11.8 Å². The molecule has 1 fully saturated rings. The van der Waals surface area contributed by atoms with Crippen LogP contribution in [0.5, 0.6) is 0 Å². The van der Waals surface area contributed by atoms with Gasteiger partial charge in [0.15, 0.2) is 0 Å². The van der Waals surface area contributed by atoms with Crippen molar-refractivity contribution < 1.29 is 14.5 Å². The number of anilines is 1. The van der Waals surface area contributed by atoms with E-state index in [0.29, 0.717) is 0 Å². The Morgan fingerprint density at radius 2 is 2.30 bits per heavy atom. The average Bonchev–Trinajstić information content (AvgIpc) is 2.85. The third-order valence-electron chi connectivity index (χ3n) is 2.94. The van der Waals surface area contributed by atoms with E-state index in [-0.39, 0.29) is 35.8 Å². The molecule has 0 radical (unpaired) electrons. The van der Waals surface area contributed by atoms with Crippen LogP contribution in [0.4, 0.5) is 11.4 Å². The summed E-state index contributed by atoms with van der Waals surface area (Å²) in [5.74, 6) is -1.09. The van der Waals surface area contributed by atoms with Crippen molar-refractivity contribution in [1.82, 2.24) is 5.32 Å². The molecule has 102 valence electrons. The summed E-state index contributed by atoms with van der Waals surface area (Å²) < 4.78 is 0. The molecule has 20 heavy (non-hydrogen) atoms. The summed E-state index contributed by atoms with van der Waals surface area (Å²) >= 11 is 0. The standard InChI is InChI=1S/C12H10N4O4/c13-5-7-3-9(16(19)20)1-2-10(7)15-12(18)8-4-11(17)14-6-8/h1-3,8H,4,6H2,(H,14,17)(H,15,18). The largest absolute Gasteiger partial charge is 0.355 e. The molecule has 0 saturated carbocycles. The van der Waals surface area contributed by atoms with Crippen LogP contribution >= 0.6 is 0 Å². The van der Waals surface area contributed by atoms with Gasteiger partial charge in [-0.2, -0.15) is 5.26 Å². The Morgan fingerprint density at radius 1 is 1.55 bits per heavy atom. The van der Waals surface area contributed by atoms with E-state index >= 15 is 0 Å². The van der Waals surface area contributed by atoms with Gasteiger partial charge in [-0.1, -0.05) is 0 Å². The lowest BCUT2D eigenvalue weighted by Gasteiger charge is -2.10. The zero-order chi connectivity index (χ0) is 14.7. The first-order valence-corrected chi connectivity index (χ1v) is 5.77. The molecule has 0 bridgehead atoms. The molecule has 2 amide bonds. The number of nitriles is 1. The Morgan fingerprint density at radius 3 is 2.85 bits per heavy atom. The van der Waals surface area contributed by atoms with E-state index < -0.39 is 16.7 Å². The topological polar surface area (TPSA) is 125 Å². The minimum atomic E-state index is -0.619. The van der Waals surface area contributed by atoms with Crippen LogP contribution in [-0.4, -0.2) is 23.3 Å². The van der Waals surface area contributed by atoms with Crippen LogP contribution in [0, 0.1) is 27.4 Å². The Kier molecular flexibility index (Phi) is 3.61. The molecule has 1 heterocycles. The summed E-state index contributed by atoms with van der Waals surface area (Å²) in [6.45, 7) is 0.250. The number of hydrogen-bond donors (Lipinski definition) is 2. The van der Waals surface area contributed by atoms with E-state index in [2.05, 4.69) is 10.6 Å². The molecule has 1 unspecified atom stereocenters. The third-order valence-corrected chi connectivity index (χ3v) is 2.94. The van der Waals surface area contributed by atoms with Crippen molar-refractivity contribution >= 4 is 23.2 Å². The van der Waals surface area contributed by atoms with Crippen LogP contribution in [0.25, 0.3) is 0 Å². The average molecular weight is 274 g/mol. The van der Waals surface area contributed by atoms with Crippen LogP contribution in [0.1, 0.15) is 12.0 Å². The Balaban J connectivity index is 2.17. The molecule has 1 aromatic carbocycles. The fourth-order valence-corrected chi connectivity index (χ4v) is 1.87. The summed E-state index contributed by atoms with van der Waals surface area (Å²) in [5, 5.41) is 24.6. The van der Waals surface area contributed by atoms with Gasteiger partial charge in [-0.15, -0.1) is 0 Å². The molecule has 1 saturated heterocycles. The minimum absolute atomic E-state index is 0.00447. The van der Waals surface area contributed by atoms with Gasteiger partial charge in [-0.3, -0.25) is 19.7 Å². The molecule has 1 aromatic rings. The number of carbonyl (C=O) groups is 2. The summed E-state index contributed by atoms with van der Waals surface area (Å²) in [4.78, 5) is 32.9. The van der Waals surface area contributed by atoms with Crippen molar-refractivity contribution in [3.63, 3.8) is 0 Å². The molecule has 1 aliphatic heterocycles. The summed E-state index contributed by atoms with van der Waals surface area (Å²) in [5.41, 5.74) is -0.0236. The van der Waals surface area contributed by atoms with Gasteiger partial charge in [0.1, 0.15) is 6.07 Å². The van der Waals surface area contributed by atoms with Crippen LogP contribution in [0.3, 0.4) is 0 Å². The van der Waals surface area contributed by atoms with E-state index in [1.54, 1.807) is 6.07 Å². The van der Waals surface area contributed by atoms with Crippen LogP contribution in [0.2, 0.25) is 0 Å². The molecule has 8 heteroatoms. The number of nitro benzene ring substituents is 1. The molecule has 1 aliphatic rings. The lowest BCUT2D eigenvalue weighted by Crippen LogP contribution is -2.25. The highest BCUT2D eigenvalue weighted by Gasteiger charge is 2.28. The number of nitro groups is 1. The first-order chi connectivity index (χ1) is 9.51. The minimum Gasteiger partial charge on any atom is -0.355 e. The second-order valence-corrected chi connectivity index (χ2v) is 4.29. The fraction of sp³-hybridized carbons (Fsp3) is 0.250. The molecule has 0 aliphatic carbocycles. The monoisotopic (exact) mass is 274 g/mol. The number of non-ortho nitro benzene ring substituents is 1. The maximum absolute atomic E-state index is 11.9. The second kappa shape index (κ2) is 5.36. The van der Waals surface area contributed by atoms with E-state index in [0.717, 1.165) is 6.07 Å². The highest BCUT2D eigenvalue weighted by atomic mass is 16.6. The molecular weight excluding hydrogens is 264 g/mol. The smallest absolute Gasteiger partial charge is 0.270 e.